The molecule has 0 spiro atoms. The van der Waals surface area contributed by atoms with E-state index in [4.69, 9.17) is 14.5 Å². The van der Waals surface area contributed by atoms with Crippen molar-refractivity contribution in [2.45, 2.75) is 13.0 Å². The van der Waals surface area contributed by atoms with Gasteiger partial charge in [-0.25, -0.2) is 9.79 Å². The molecule has 0 bridgehead atoms. The van der Waals surface area contributed by atoms with Gasteiger partial charge in [-0.15, -0.1) is 0 Å². The first-order chi connectivity index (χ1) is 19.7. The first kappa shape index (κ1) is 28.2. The van der Waals surface area contributed by atoms with E-state index in [0.717, 1.165) is 11.3 Å². The average Bonchev–Trinajstić information content (AvgIpc) is 3.28. The molecule has 41 heavy (non-hydrogen) atoms. The summed E-state index contributed by atoms with van der Waals surface area (Å²) in [6.07, 6.45) is 1.51. The van der Waals surface area contributed by atoms with E-state index >= 15 is 0 Å². The molecule has 4 aromatic rings. The lowest BCUT2D eigenvalue weighted by atomic mass is 9.93. The normalized spacial score (nSPS) is 14.8. The number of phenolic OH excluding ortho intramolecular Hbond substituents is 1. The van der Waals surface area contributed by atoms with Gasteiger partial charge in [0.15, 0.2) is 4.80 Å². The smallest absolute Gasteiger partial charge is 0.338 e. The van der Waals surface area contributed by atoms with Crippen molar-refractivity contribution in [3.05, 3.63) is 122 Å². The van der Waals surface area contributed by atoms with Gasteiger partial charge in [0, 0.05) is 11.6 Å². The summed E-state index contributed by atoms with van der Waals surface area (Å²) in [7, 11) is 1.55. The van der Waals surface area contributed by atoms with Crippen LogP contribution < -0.4 is 19.6 Å². The summed E-state index contributed by atoms with van der Waals surface area (Å²) in [5.74, 6) is -0.441. The van der Waals surface area contributed by atoms with Crippen molar-refractivity contribution in [3.63, 3.8) is 0 Å². The van der Waals surface area contributed by atoms with Gasteiger partial charge in [-0.1, -0.05) is 53.8 Å². The molecule has 1 aliphatic heterocycles. The largest absolute Gasteiger partial charge is 0.501 e. The molecule has 3 aromatic carbocycles. The van der Waals surface area contributed by atoms with Gasteiger partial charge in [0.25, 0.3) is 5.56 Å². The number of aromatic nitrogens is 1. The number of benzene rings is 3. The van der Waals surface area contributed by atoms with Crippen LogP contribution >= 0.6 is 33.9 Å². The molecule has 0 aliphatic carbocycles. The number of nitro benzene ring substituents is 1. The van der Waals surface area contributed by atoms with Crippen molar-refractivity contribution in [2.24, 2.45) is 4.99 Å². The molecule has 0 unspecified atom stereocenters. The monoisotopic (exact) mass is 683 g/mol. The number of fused-ring (bicyclic) bond motifs is 1. The maximum Gasteiger partial charge on any atom is 0.338 e. The van der Waals surface area contributed by atoms with Crippen LogP contribution in [0.2, 0.25) is 0 Å². The first-order valence-corrected chi connectivity index (χ1v) is 14.2. The molecular weight excluding hydrogens is 661 g/mol. The predicted molar refractivity (Wildman–Crippen MR) is 162 cm³/mol. The van der Waals surface area contributed by atoms with Crippen LogP contribution in [0.4, 0.5) is 5.69 Å². The number of nitro groups is 1. The summed E-state index contributed by atoms with van der Waals surface area (Å²) in [6.45, 7) is 1.83. The fourth-order valence-corrected chi connectivity index (χ4v) is 6.16. The summed E-state index contributed by atoms with van der Waals surface area (Å²) >= 11 is 2.89. The molecule has 0 saturated heterocycles. The SMILES string of the molecule is CCOC(=O)C1=C(c2ccccc2)N=c2s/c(=C\c3cc(I)c(O)c([N+](=O)[O-])c3)c(=O)n2[C@@H]1c1ccc(OC)cc1. The Morgan fingerprint density at radius 3 is 2.54 bits per heavy atom. The number of carbonyl (C=O) groups excluding carboxylic acids is 1. The fourth-order valence-electron chi connectivity index (χ4n) is 4.52. The fraction of sp³-hybridized carbons (Fsp3) is 0.138. The minimum Gasteiger partial charge on any atom is -0.501 e. The van der Waals surface area contributed by atoms with Crippen LogP contribution in [0, 0.1) is 13.7 Å². The highest BCUT2D eigenvalue weighted by Crippen LogP contribution is 2.36. The number of ether oxygens (including phenoxy) is 2. The lowest BCUT2D eigenvalue weighted by molar-refractivity contribution is -0.386. The van der Waals surface area contributed by atoms with Gasteiger partial charge >= 0.3 is 11.7 Å². The van der Waals surface area contributed by atoms with Crippen LogP contribution in [-0.2, 0) is 9.53 Å². The van der Waals surface area contributed by atoms with E-state index in [1.165, 1.54) is 16.7 Å². The van der Waals surface area contributed by atoms with Crippen LogP contribution in [0.25, 0.3) is 11.8 Å². The molecule has 0 fully saturated rings. The molecule has 1 aromatic heterocycles. The summed E-state index contributed by atoms with van der Waals surface area (Å²) in [5, 5.41) is 21.6. The predicted octanol–water partition coefficient (Wildman–Crippen LogP) is 4.16. The van der Waals surface area contributed by atoms with E-state index in [0.29, 0.717) is 32.9 Å². The first-order valence-electron chi connectivity index (χ1n) is 12.3. The standard InChI is InChI=1S/C29H22IN3O7S/c1-3-40-28(36)23-24(17-7-5-4-6-8-17)31-29-32(25(23)18-9-11-19(39-2)12-10-18)27(35)22(41-29)15-16-13-20(30)26(34)21(14-16)33(37)38/h4-15,25,34H,3H2,1-2H3/b22-15-/t25-/m1/s1. The highest BCUT2D eigenvalue weighted by atomic mass is 127. The summed E-state index contributed by atoms with van der Waals surface area (Å²) in [6, 6.07) is 18.1. The van der Waals surface area contributed by atoms with Gasteiger partial charge in [-0.2, -0.15) is 0 Å². The van der Waals surface area contributed by atoms with Crippen LogP contribution in [0.15, 0.2) is 82.1 Å². The minimum absolute atomic E-state index is 0.127. The molecule has 5 rings (SSSR count). The number of nitrogens with zero attached hydrogens (tertiary/aromatic N) is 3. The molecule has 1 N–H and O–H groups in total. The van der Waals surface area contributed by atoms with Crippen molar-refractivity contribution in [1.29, 1.82) is 0 Å². The Bertz CT molecular complexity index is 1880. The van der Waals surface area contributed by atoms with Crippen LogP contribution in [0.3, 0.4) is 0 Å². The number of hydrogen-bond acceptors (Lipinski definition) is 9. The van der Waals surface area contributed by atoms with E-state index < -0.39 is 33.9 Å². The van der Waals surface area contributed by atoms with Gasteiger partial charge < -0.3 is 14.6 Å². The van der Waals surface area contributed by atoms with E-state index in [2.05, 4.69) is 0 Å². The van der Waals surface area contributed by atoms with Crippen LogP contribution in [-0.4, -0.2) is 34.3 Å². The van der Waals surface area contributed by atoms with E-state index in [-0.39, 0.29) is 20.3 Å². The number of rotatable bonds is 7. The Hall–Kier alpha value is -4.30. The Morgan fingerprint density at radius 2 is 1.90 bits per heavy atom. The van der Waals surface area contributed by atoms with Crippen molar-refractivity contribution in [1.82, 2.24) is 4.57 Å². The Labute approximate surface area is 250 Å². The van der Waals surface area contributed by atoms with Crippen molar-refractivity contribution < 1.29 is 24.3 Å². The Kier molecular flexibility index (Phi) is 8.03. The highest BCUT2D eigenvalue weighted by molar-refractivity contribution is 14.1. The number of carbonyl (C=O) groups is 1. The maximum atomic E-state index is 14.0. The second-order valence-electron chi connectivity index (χ2n) is 8.83. The average molecular weight is 683 g/mol. The summed E-state index contributed by atoms with van der Waals surface area (Å²) in [4.78, 5) is 43.4. The van der Waals surface area contributed by atoms with Gasteiger partial charge in [-0.05, 0) is 64.9 Å². The molecule has 0 radical (unpaired) electrons. The third kappa shape index (κ3) is 5.39. The zero-order chi connectivity index (χ0) is 29.3. The molecule has 12 heteroatoms. The lowest BCUT2D eigenvalue weighted by Gasteiger charge is -2.26. The second kappa shape index (κ2) is 11.7. The summed E-state index contributed by atoms with van der Waals surface area (Å²) in [5.41, 5.74) is 1.36. The zero-order valence-electron chi connectivity index (χ0n) is 21.7. The third-order valence-corrected chi connectivity index (χ3v) is 8.17. The number of phenols is 1. The minimum atomic E-state index is -0.872. The Balaban J connectivity index is 1.82. The summed E-state index contributed by atoms with van der Waals surface area (Å²) < 4.78 is 12.7. The highest BCUT2D eigenvalue weighted by Gasteiger charge is 2.35. The van der Waals surface area contributed by atoms with Crippen molar-refractivity contribution in [2.75, 3.05) is 13.7 Å². The van der Waals surface area contributed by atoms with Crippen LogP contribution in [0.1, 0.15) is 29.7 Å². The van der Waals surface area contributed by atoms with Crippen molar-refractivity contribution in [3.8, 4) is 11.5 Å². The number of thiazole rings is 1. The van der Waals surface area contributed by atoms with Gasteiger partial charge in [0.1, 0.15) is 5.75 Å². The number of methoxy groups -OCH3 is 1. The van der Waals surface area contributed by atoms with E-state index in [1.54, 1.807) is 67.0 Å². The van der Waals surface area contributed by atoms with E-state index in [1.807, 2.05) is 30.3 Å². The maximum absolute atomic E-state index is 14.0. The molecule has 1 aliphatic rings. The Morgan fingerprint density at radius 1 is 1.20 bits per heavy atom. The molecule has 0 saturated carbocycles. The number of hydrogen-bond donors (Lipinski definition) is 1. The second-order valence-corrected chi connectivity index (χ2v) is 11.0. The zero-order valence-corrected chi connectivity index (χ0v) is 24.7. The van der Waals surface area contributed by atoms with Gasteiger partial charge in [0.2, 0.25) is 5.75 Å². The van der Waals surface area contributed by atoms with Crippen LogP contribution in [0.5, 0.6) is 11.5 Å². The molecule has 208 valence electrons. The molecule has 10 nitrogen and oxygen atoms in total. The van der Waals surface area contributed by atoms with Crippen molar-refractivity contribution >= 4 is 57.4 Å². The molecular formula is C29H22IN3O7S. The van der Waals surface area contributed by atoms with Gasteiger partial charge in [0.05, 0.1) is 44.1 Å². The molecule has 1 atom stereocenters. The number of halogens is 1. The molecule has 2 heterocycles. The third-order valence-electron chi connectivity index (χ3n) is 6.37. The molecule has 0 amide bonds. The topological polar surface area (TPSA) is 133 Å². The quantitative estimate of drug-likeness (QED) is 0.134. The lowest BCUT2D eigenvalue weighted by Crippen LogP contribution is -2.40. The van der Waals surface area contributed by atoms with E-state index in [9.17, 15) is 24.8 Å². The van der Waals surface area contributed by atoms with Gasteiger partial charge in [-0.3, -0.25) is 19.5 Å². The number of esters is 1. The number of aromatic hydroxyl groups is 1.